The molecule has 1 aliphatic carbocycles. The standard InChI is InChI=1S/C33H23NO2/c1-35-22-12-10-20(11-13-22)19-34-29-8-4-2-7-25(29)33-28-16-21-17-32-27(24-6-3-5-9-31(24)36-32)18-26(21)23(28)14-15-30(33)34/h2-15,17-18H,16,19H2,1H3. The highest BCUT2D eigenvalue weighted by atomic mass is 16.5. The molecular formula is C33H23NO2. The van der Waals surface area contributed by atoms with Gasteiger partial charge in [-0.2, -0.15) is 0 Å². The van der Waals surface area contributed by atoms with E-state index in [9.17, 15) is 0 Å². The Morgan fingerprint density at radius 2 is 1.53 bits per heavy atom. The Kier molecular flexibility index (Phi) is 3.98. The Labute approximate surface area is 208 Å². The Hall–Kier alpha value is -4.50. The van der Waals surface area contributed by atoms with Crippen molar-refractivity contribution in [3.63, 3.8) is 0 Å². The number of para-hydroxylation sites is 2. The first-order valence-corrected chi connectivity index (χ1v) is 12.4. The zero-order chi connectivity index (χ0) is 23.8. The molecular weight excluding hydrogens is 442 g/mol. The molecule has 0 unspecified atom stereocenters. The summed E-state index contributed by atoms with van der Waals surface area (Å²) in [5.41, 5.74) is 11.2. The van der Waals surface area contributed by atoms with Crippen molar-refractivity contribution in [3.8, 4) is 16.9 Å². The first-order chi connectivity index (χ1) is 17.8. The molecule has 0 atom stereocenters. The molecule has 0 aliphatic heterocycles. The second-order valence-electron chi connectivity index (χ2n) is 9.72. The Bertz CT molecular complexity index is 1970. The number of rotatable bonds is 3. The minimum absolute atomic E-state index is 0.818. The van der Waals surface area contributed by atoms with E-state index in [2.05, 4.69) is 83.4 Å². The van der Waals surface area contributed by atoms with Gasteiger partial charge in [0.25, 0.3) is 0 Å². The van der Waals surface area contributed by atoms with Gasteiger partial charge in [0, 0.05) is 39.1 Å². The lowest BCUT2D eigenvalue weighted by molar-refractivity contribution is 0.414. The number of ether oxygens (including phenoxy) is 1. The van der Waals surface area contributed by atoms with Gasteiger partial charge in [-0.1, -0.05) is 54.6 Å². The van der Waals surface area contributed by atoms with Gasteiger partial charge in [-0.25, -0.2) is 0 Å². The van der Waals surface area contributed by atoms with E-state index < -0.39 is 0 Å². The highest BCUT2D eigenvalue weighted by molar-refractivity contribution is 6.14. The first kappa shape index (κ1) is 19.8. The summed E-state index contributed by atoms with van der Waals surface area (Å²) in [5.74, 6) is 0.884. The summed E-state index contributed by atoms with van der Waals surface area (Å²) in [6, 6.07) is 34.7. The van der Waals surface area contributed by atoms with Gasteiger partial charge in [-0.05, 0) is 76.7 Å². The summed E-state index contributed by atoms with van der Waals surface area (Å²) in [6.45, 7) is 0.818. The molecule has 0 radical (unpaired) electrons. The minimum atomic E-state index is 0.818. The predicted octanol–water partition coefficient (Wildman–Crippen LogP) is 8.32. The maximum absolute atomic E-state index is 6.21. The highest BCUT2D eigenvalue weighted by Crippen LogP contribution is 2.46. The number of benzene rings is 5. The number of hydrogen-bond donors (Lipinski definition) is 0. The largest absolute Gasteiger partial charge is 0.497 e. The SMILES string of the molecule is COc1ccc(Cn2c3ccccc3c3c4c(ccc32)-c2cc3c(cc2C4)oc2ccccc23)cc1. The van der Waals surface area contributed by atoms with E-state index in [0.717, 1.165) is 29.9 Å². The van der Waals surface area contributed by atoms with Crippen molar-refractivity contribution in [1.29, 1.82) is 0 Å². The zero-order valence-corrected chi connectivity index (χ0v) is 19.9. The van der Waals surface area contributed by atoms with Crippen LogP contribution in [-0.2, 0) is 13.0 Å². The third-order valence-corrected chi connectivity index (χ3v) is 7.81. The number of aromatic nitrogens is 1. The summed E-state index contributed by atoms with van der Waals surface area (Å²) in [7, 11) is 1.71. The number of furan rings is 1. The molecule has 3 heteroatoms. The summed E-state index contributed by atoms with van der Waals surface area (Å²) in [6.07, 6.45) is 0.922. The van der Waals surface area contributed by atoms with Gasteiger partial charge in [0.05, 0.1) is 7.11 Å². The third-order valence-electron chi connectivity index (χ3n) is 7.81. The molecule has 0 bridgehead atoms. The van der Waals surface area contributed by atoms with Crippen molar-refractivity contribution in [3.05, 3.63) is 114 Å². The van der Waals surface area contributed by atoms with Gasteiger partial charge in [-0.15, -0.1) is 0 Å². The summed E-state index contributed by atoms with van der Waals surface area (Å²) >= 11 is 0. The van der Waals surface area contributed by atoms with Crippen LogP contribution in [-0.4, -0.2) is 11.7 Å². The van der Waals surface area contributed by atoms with Crippen LogP contribution < -0.4 is 4.74 Å². The van der Waals surface area contributed by atoms with E-state index >= 15 is 0 Å². The molecule has 0 N–H and O–H groups in total. The maximum Gasteiger partial charge on any atom is 0.135 e. The fraction of sp³-hybridized carbons (Fsp3) is 0.0909. The molecule has 8 rings (SSSR count). The molecule has 5 aromatic carbocycles. The molecule has 36 heavy (non-hydrogen) atoms. The molecule has 0 saturated carbocycles. The van der Waals surface area contributed by atoms with Crippen LogP contribution in [0.4, 0.5) is 0 Å². The number of nitrogens with zero attached hydrogens (tertiary/aromatic N) is 1. The number of fused-ring (bicyclic) bond motifs is 10. The smallest absolute Gasteiger partial charge is 0.135 e. The van der Waals surface area contributed by atoms with Crippen LogP contribution in [0.5, 0.6) is 5.75 Å². The molecule has 2 aromatic heterocycles. The second-order valence-corrected chi connectivity index (χ2v) is 9.72. The van der Waals surface area contributed by atoms with E-state index in [1.165, 1.54) is 60.4 Å². The van der Waals surface area contributed by atoms with E-state index in [-0.39, 0.29) is 0 Å². The van der Waals surface area contributed by atoms with E-state index in [1.807, 2.05) is 18.2 Å². The van der Waals surface area contributed by atoms with Crippen molar-refractivity contribution < 1.29 is 9.15 Å². The minimum Gasteiger partial charge on any atom is -0.497 e. The Morgan fingerprint density at radius 1 is 0.722 bits per heavy atom. The summed E-state index contributed by atoms with van der Waals surface area (Å²) < 4.78 is 14.0. The molecule has 172 valence electrons. The number of hydrogen-bond acceptors (Lipinski definition) is 2. The quantitative estimate of drug-likeness (QED) is 0.262. The highest BCUT2D eigenvalue weighted by Gasteiger charge is 2.25. The Balaban J connectivity index is 1.34. The summed E-state index contributed by atoms with van der Waals surface area (Å²) in [5, 5.41) is 5.06. The normalized spacial score (nSPS) is 12.6. The van der Waals surface area contributed by atoms with Crippen LogP contribution in [0.3, 0.4) is 0 Å². The molecule has 7 aromatic rings. The van der Waals surface area contributed by atoms with Crippen LogP contribution in [0.25, 0.3) is 54.9 Å². The number of methoxy groups -OCH3 is 1. The van der Waals surface area contributed by atoms with Gasteiger partial charge < -0.3 is 13.7 Å². The van der Waals surface area contributed by atoms with E-state index in [0.29, 0.717) is 0 Å². The van der Waals surface area contributed by atoms with E-state index in [1.54, 1.807) is 7.11 Å². The Morgan fingerprint density at radius 3 is 2.39 bits per heavy atom. The molecule has 0 amide bonds. The van der Waals surface area contributed by atoms with Gasteiger partial charge >= 0.3 is 0 Å². The molecule has 0 saturated heterocycles. The van der Waals surface area contributed by atoms with Crippen LogP contribution in [0, 0.1) is 0 Å². The zero-order valence-electron chi connectivity index (χ0n) is 19.9. The van der Waals surface area contributed by atoms with Crippen molar-refractivity contribution in [1.82, 2.24) is 4.57 Å². The lowest BCUT2D eigenvalue weighted by atomic mass is 10.00. The monoisotopic (exact) mass is 465 g/mol. The fourth-order valence-corrected chi connectivity index (χ4v) is 6.13. The van der Waals surface area contributed by atoms with Crippen LogP contribution >= 0.6 is 0 Å². The van der Waals surface area contributed by atoms with Crippen molar-refractivity contribution >= 4 is 43.7 Å². The topological polar surface area (TPSA) is 27.3 Å². The lowest BCUT2D eigenvalue weighted by Crippen LogP contribution is -1.99. The van der Waals surface area contributed by atoms with Crippen LogP contribution in [0.1, 0.15) is 16.7 Å². The van der Waals surface area contributed by atoms with Gasteiger partial charge in [-0.3, -0.25) is 0 Å². The van der Waals surface area contributed by atoms with Crippen molar-refractivity contribution in [2.45, 2.75) is 13.0 Å². The maximum atomic E-state index is 6.21. The second kappa shape index (κ2) is 7.25. The van der Waals surface area contributed by atoms with Crippen molar-refractivity contribution in [2.75, 3.05) is 7.11 Å². The van der Waals surface area contributed by atoms with E-state index in [4.69, 9.17) is 9.15 Å². The summed E-state index contributed by atoms with van der Waals surface area (Å²) in [4.78, 5) is 0. The lowest BCUT2D eigenvalue weighted by Gasteiger charge is -2.10. The molecule has 0 spiro atoms. The van der Waals surface area contributed by atoms with Gasteiger partial charge in [0.1, 0.15) is 16.9 Å². The fourth-order valence-electron chi connectivity index (χ4n) is 6.13. The molecule has 3 nitrogen and oxygen atoms in total. The van der Waals surface area contributed by atoms with Crippen LogP contribution in [0.2, 0.25) is 0 Å². The van der Waals surface area contributed by atoms with Gasteiger partial charge in [0.15, 0.2) is 0 Å². The molecule has 2 heterocycles. The molecule has 0 fully saturated rings. The first-order valence-electron chi connectivity index (χ1n) is 12.4. The average molecular weight is 466 g/mol. The van der Waals surface area contributed by atoms with Gasteiger partial charge in [0.2, 0.25) is 0 Å². The average Bonchev–Trinajstić information content (AvgIpc) is 3.57. The molecule has 1 aliphatic rings. The third kappa shape index (κ3) is 2.68. The van der Waals surface area contributed by atoms with Crippen LogP contribution in [0.15, 0.2) is 101 Å². The predicted molar refractivity (Wildman–Crippen MR) is 147 cm³/mol. The van der Waals surface area contributed by atoms with Crippen molar-refractivity contribution in [2.24, 2.45) is 0 Å².